The molecule has 0 heterocycles. The molecule has 0 aliphatic heterocycles. The highest BCUT2D eigenvalue weighted by Crippen LogP contribution is 2.30. The van der Waals surface area contributed by atoms with Gasteiger partial charge in [0.05, 0.1) is 13.2 Å². The summed E-state index contributed by atoms with van der Waals surface area (Å²) in [7, 11) is 0. The highest BCUT2D eigenvalue weighted by molar-refractivity contribution is 5.22. The fourth-order valence-corrected chi connectivity index (χ4v) is 3.70. The second-order valence-corrected chi connectivity index (χ2v) is 7.69. The van der Waals surface area contributed by atoms with Gasteiger partial charge in [-0.1, -0.05) is 47.5 Å². The van der Waals surface area contributed by atoms with Gasteiger partial charge in [-0.2, -0.15) is 0 Å². The summed E-state index contributed by atoms with van der Waals surface area (Å²) in [4.78, 5) is 4.90. The molecule has 4 nitrogen and oxygen atoms in total. The minimum Gasteiger partial charge on any atom is -0.497 e. The third kappa shape index (κ3) is 9.97. The summed E-state index contributed by atoms with van der Waals surface area (Å²) in [5.41, 5.74) is 0. The molecule has 0 aromatic heterocycles. The van der Waals surface area contributed by atoms with E-state index in [1.165, 1.54) is 19.3 Å². The number of rotatable bonds is 17. The average molecular weight is 395 g/mol. The van der Waals surface area contributed by atoms with Gasteiger partial charge in [-0.05, 0) is 57.9 Å². The van der Waals surface area contributed by atoms with E-state index in [-0.39, 0.29) is 0 Å². The average Bonchev–Trinajstić information content (AvgIpc) is 2.73. The molecule has 1 atom stereocenters. The molecule has 1 rings (SSSR count). The Bertz CT molecular complexity index is 440. The molecule has 4 heteroatoms. The Labute approximate surface area is 174 Å². The van der Waals surface area contributed by atoms with Crippen LogP contribution >= 0.6 is 0 Å². The van der Waals surface area contributed by atoms with Gasteiger partial charge in [0.1, 0.15) is 11.5 Å². The van der Waals surface area contributed by atoms with Crippen LogP contribution in [0.1, 0.15) is 73.1 Å². The lowest BCUT2D eigenvalue weighted by molar-refractivity contribution is 0.145. The van der Waals surface area contributed by atoms with Crippen molar-refractivity contribution in [2.24, 2.45) is 5.92 Å². The third-order valence-electron chi connectivity index (χ3n) is 5.76. The molecule has 0 radical (unpaired) electrons. The van der Waals surface area contributed by atoms with Gasteiger partial charge in [-0.15, -0.1) is 0 Å². The van der Waals surface area contributed by atoms with Gasteiger partial charge in [-0.25, -0.2) is 0 Å². The molecule has 164 valence electrons. The Morgan fingerprint density at radius 1 is 0.821 bits per heavy atom. The summed E-state index contributed by atoms with van der Waals surface area (Å²) >= 11 is 0. The van der Waals surface area contributed by atoms with E-state index in [9.17, 15) is 0 Å². The van der Waals surface area contributed by atoms with E-state index in [1.807, 2.05) is 0 Å². The zero-order valence-corrected chi connectivity index (χ0v) is 19.3. The minimum absolute atomic E-state index is 0.524. The predicted octanol–water partition coefficient (Wildman–Crippen LogP) is 5.46. The quantitative estimate of drug-likeness (QED) is 0.306. The van der Waals surface area contributed by atoms with Crippen LogP contribution in [-0.4, -0.2) is 62.3 Å². The van der Waals surface area contributed by atoms with E-state index in [0.29, 0.717) is 5.92 Å². The number of hydrogen-bond acceptors (Lipinski definition) is 4. The summed E-state index contributed by atoms with van der Waals surface area (Å²) in [6.07, 6.45) is 11.4. The standard InChI is InChI=1S/C24H46N2O2/c1-6-11-14-22-15-16-23(27-19-12-17-25(7-2)8-3)21-24(22)28-20-13-18-26(9-4)10-5/h16,21-22H,6-15,17-20H2,1-5H3. The molecule has 0 fully saturated rings. The van der Waals surface area contributed by atoms with E-state index in [0.717, 1.165) is 83.3 Å². The molecular formula is C24H46N2O2. The van der Waals surface area contributed by atoms with Crippen molar-refractivity contribution in [1.29, 1.82) is 0 Å². The van der Waals surface area contributed by atoms with Crippen molar-refractivity contribution in [2.45, 2.75) is 73.1 Å². The molecule has 1 unspecified atom stereocenters. The summed E-state index contributed by atoms with van der Waals surface area (Å²) in [6.45, 7) is 19.4. The molecule has 1 aliphatic rings. The number of unbranched alkanes of at least 4 members (excludes halogenated alkanes) is 1. The molecule has 0 N–H and O–H groups in total. The molecule has 0 spiro atoms. The van der Waals surface area contributed by atoms with E-state index in [1.54, 1.807) is 0 Å². The number of ether oxygens (including phenoxy) is 2. The Morgan fingerprint density at radius 2 is 1.39 bits per heavy atom. The monoisotopic (exact) mass is 394 g/mol. The molecule has 0 bridgehead atoms. The Morgan fingerprint density at radius 3 is 1.93 bits per heavy atom. The van der Waals surface area contributed by atoms with Crippen LogP contribution in [0, 0.1) is 5.92 Å². The first-order chi connectivity index (χ1) is 13.7. The maximum absolute atomic E-state index is 6.25. The normalized spacial score (nSPS) is 17.0. The third-order valence-corrected chi connectivity index (χ3v) is 5.76. The van der Waals surface area contributed by atoms with Gasteiger partial charge >= 0.3 is 0 Å². The van der Waals surface area contributed by atoms with Crippen LogP contribution in [-0.2, 0) is 9.47 Å². The summed E-state index contributed by atoms with van der Waals surface area (Å²) < 4.78 is 12.3. The number of hydrogen-bond donors (Lipinski definition) is 0. The number of nitrogens with zero attached hydrogens (tertiary/aromatic N) is 2. The fraction of sp³-hybridized carbons (Fsp3) is 0.833. The van der Waals surface area contributed by atoms with Gasteiger partial charge in [-0.3, -0.25) is 0 Å². The molecule has 28 heavy (non-hydrogen) atoms. The maximum atomic E-state index is 6.25. The Balaban J connectivity index is 2.47. The van der Waals surface area contributed by atoms with Crippen molar-refractivity contribution in [3.63, 3.8) is 0 Å². The number of allylic oxidation sites excluding steroid dienone is 3. The van der Waals surface area contributed by atoms with Gasteiger partial charge in [0.25, 0.3) is 0 Å². The molecule has 0 aromatic carbocycles. The van der Waals surface area contributed by atoms with Crippen molar-refractivity contribution in [2.75, 3.05) is 52.5 Å². The molecule has 1 aliphatic carbocycles. The molecule has 0 saturated heterocycles. The maximum Gasteiger partial charge on any atom is 0.118 e. The SMILES string of the molecule is CCCCC1CC=C(OCCCN(CC)CC)C=C1OCCCN(CC)CC. The van der Waals surface area contributed by atoms with E-state index < -0.39 is 0 Å². The van der Waals surface area contributed by atoms with Gasteiger partial charge in [0, 0.05) is 25.1 Å². The Kier molecular flexibility index (Phi) is 14.2. The second kappa shape index (κ2) is 15.9. The van der Waals surface area contributed by atoms with E-state index in [4.69, 9.17) is 9.47 Å². The van der Waals surface area contributed by atoms with Gasteiger partial charge in [0.2, 0.25) is 0 Å². The first-order valence-electron chi connectivity index (χ1n) is 11.8. The van der Waals surface area contributed by atoms with Crippen molar-refractivity contribution >= 4 is 0 Å². The lowest BCUT2D eigenvalue weighted by atomic mass is 9.92. The highest BCUT2D eigenvalue weighted by Gasteiger charge is 2.20. The molecule has 0 amide bonds. The Hall–Kier alpha value is -1.00. The van der Waals surface area contributed by atoms with Crippen molar-refractivity contribution in [3.05, 3.63) is 23.7 Å². The lowest BCUT2D eigenvalue weighted by Gasteiger charge is -2.25. The predicted molar refractivity (Wildman–Crippen MR) is 121 cm³/mol. The zero-order valence-electron chi connectivity index (χ0n) is 19.3. The van der Waals surface area contributed by atoms with Gasteiger partial charge < -0.3 is 19.3 Å². The van der Waals surface area contributed by atoms with Crippen LogP contribution < -0.4 is 0 Å². The zero-order chi connectivity index (χ0) is 20.6. The minimum atomic E-state index is 0.524. The highest BCUT2D eigenvalue weighted by atomic mass is 16.5. The van der Waals surface area contributed by atoms with Crippen LogP contribution in [0.4, 0.5) is 0 Å². The molecule has 0 aromatic rings. The van der Waals surface area contributed by atoms with Crippen molar-refractivity contribution in [3.8, 4) is 0 Å². The largest absolute Gasteiger partial charge is 0.497 e. The summed E-state index contributed by atoms with van der Waals surface area (Å²) in [5.74, 6) is 2.68. The second-order valence-electron chi connectivity index (χ2n) is 7.69. The molecular weight excluding hydrogens is 348 g/mol. The van der Waals surface area contributed by atoms with Crippen molar-refractivity contribution in [1.82, 2.24) is 9.80 Å². The van der Waals surface area contributed by atoms with Crippen LogP contribution in [0.25, 0.3) is 0 Å². The first kappa shape index (κ1) is 25.0. The molecule has 0 saturated carbocycles. The first-order valence-corrected chi connectivity index (χ1v) is 11.8. The fourth-order valence-electron chi connectivity index (χ4n) is 3.70. The van der Waals surface area contributed by atoms with Crippen LogP contribution in [0.5, 0.6) is 0 Å². The topological polar surface area (TPSA) is 24.9 Å². The van der Waals surface area contributed by atoms with Crippen molar-refractivity contribution < 1.29 is 9.47 Å². The van der Waals surface area contributed by atoms with E-state index in [2.05, 4.69) is 56.6 Å². The van der Waals surface area contributed by atoms with Crippen LogP contribution in [0.3, 0.4) is 0 Å². The van der Waals surface area contributed by atoms with Crippen LogP contribution in [0.15, 0.2) is 23.7 Å². The van der Waals surface area contributed by atoms with Gasteiger partial charge in [0.15, 0.2) is 0 Å². The smallest absolute Gasteiger partial charge is 0.118 e. The van der Waals surface area contributed by atoms with Crippen LogP contribution in [0.2, 0.25) is 0 Å². The van der Waals surface area contributed by atoms with E-state index >= 15 is 0 Å². The summed E-state index contributed by atoms with van der Waals surface area (Å²) in [6, 6.07) is 0. The summed E-state index contributed by atoms with van der Waals surface area (Å²) in [5, 5.41) is 0. The lowest BCUT2D eigenvalue weighted by Crippen LogP contribution is -2.25.